The van der Waals surface area contributed by atoms with Gasteiger partial charge in [-0.15, -0.1) is 0 Å². The molecule has 1 saturated carbocycles. The number of aliphatic hydroxyl groups is 1. The fourth-order valence-corrected chi connectivity index (χ4v) is 4.13. The summed E-state index contributed by atoms with van der Waals surface area (Å²) < 4.78 is 0. The molecule has 124 valence electrons. The Balaban J connectivity index is 1.81. The summed E-state index contributed by atoms with van der Waals surface area (Å²) >= 11 is 0. The quantitative estimate of drug-likeness (QED) is 0.745. The zero-order valence-corrected chi connectivity index (χ0v) is 14.3. The van der Waals surface area contributed by atoms with Crippen LogP contribution in [0.2, 0.25) is 0 Å². The van der Waals surface area contributed by atoms with Gasteiger partial charge in [0.1, 0.15) is 0 Å². The van der Waals surface area contributed by atoms with Crippen LogP contribution in [0.4, 0.5) is 0 Å². The monoisotopic (exact) mass is 297 g/mol. The van der Waals surface area contributed by atoms with Gasteiger partial charge in [0.2, 0.25) is 0 Å². The van der Waals surface area contributed by atoms with Gasteiger partial charge in [0.15, 0.2) is 0 Å². The molecule has 2 aliphatic rings. The van der Waals surface area contributed by atoms with Gasteiger partial charge in [-0.05, 0) is 37.1 Å². The van der Waals surface area contributed by atoms with E-state index in [-0.39, 0.29) is 0 Å². The fourth-order valence-electron chi connectivity index (χ4n) is 4.13. The van der Waals surface area contributed by atoms with Gasteiger partial charge >= 0.3 is 0 Å². The van der Waals surface area contributed by atoms with Crippen molar-refractivity contribution in [2.45, 2.75) is 46.1 Å². The zero-order chi connectivity index (χ0) is 15.3. The average Bonchev–Trinajstić information content (AvgIpc) is 2.74. The topological polar surface area (TPSA) is 38.7 Å². The molecule has 2 rings (SSSR count). The van der Waals surface area contributed by atoms with Crippen molar-refractivity contribution in [3.05, 3.63) is 0 Å². The van der Waals surface area contributed by atoms with Gasteiger partial charge in [-0.1, -0.05) is 20.8 Å². The maximum Gasteiger partial charge on any atom is 0.0558 e. The molecule has 0 aromatic carbocycles. The van der Waals surface area contributed by atoms with Crippen LogP contribution in [0.15, 0.2) is 0 Å². The third-order valence-corrected chi connectivity index (χ3v) is 5.46. The number of piperazine rings is 1. The Kier molecular flexibility index (Phi) is 6.48. The van der Waals surface area contributed by atoms with E-state index in [1.165, 1.54) is 25.8 Å². The van der Waals surface area contributed by atoms with Crippen LogP contribution in [-0.2, 0) is 0 Å². The van der Waals surface area contributed by atoms with E-state index in [0.717, 1.165) is 45.2 Å². The number of β-amino-alcohol motifs (C(OH)–C–C–N with tert-alkyl or cyclic N) is 1. The minimum absolute atomic E-state index is 0.291. The van der Waals surface area contributed by atoms with Crippen LogP contribution in [-0.4, -0.2) is 73.4 Å². The Morgan fingerprint density at radius 1 is 1.14 bits per heavy atom. The van der Waals surface area contributed by atoms with Crippen LogP contribution in [0.1, 0.15) is 40.0 Å². The molecule has 1 heterocycles. The number of nitrogens with zero attached hydrogens (tertiary/aromatic N) is 2. The summed E-state index contributed by atoms with van der Waals surface area (Å²) in [5.41, 5.74) is 0.443. The Morgan fingerprint density at radius 3 is 2.43 bits per heavy atom. The lowest BCUT2D eigenvalue weighted by Gasteiger charge is -2.38. The standard InChI is InChI=1S/C17H35N3O/c1-4-7-18-16-15(5-6-17(16,2)3)14-20-10-8-19(9-11-20)12-13-21/h15-16,18,21H,4-14H2,1-3H3. The number of nitrogens with one attached hydrogen (secondary N) is 1. The first-order valence-corrected chi connectivity index (χ1v) is 8.85. The Morgan fingerprint density at radius 2 is 1.81 bits per heavy atom. The van der Waals surface area contributed by atoms with E-state index in [1.54, 1.807) is 0 Å². The van der Waals surface area contributed by atoms with Crippen LogP contribution in [0.5, 0.6) is 0 Å². The lowest BCUT2D eigenvalue weighted by Crippen LogP contribution is -2.51. The molecule has 2 atom stereocenters. The molecule has 4 heteroatoms. The van der Waals surface area contributed by atoms with Crippen molar-refractivity contribution in [2.24, 2.45) is 11.3 Å². The first-order valence-electron chi connectivity index (χ1n) is 8.85. The van der Waals surface area contributed by atoms with E-state index >= 15 is 0 Å². The van der Waals surface area contributed by atoms with Crippen LogP contribution >= 0.6 is 0 Å². The number of hydrogen-bond donors (Lipinski definition) is 2. The smallest absolute Gasteiger partial charge is 0.0558 e. The van der Waals surface area contributed by atoms with Gasteiger partial charge in [-0.2, -0.15) is 0 Å². The molecule has 1 saturated heterocycles. The van der Waals surface area contributed by atoms with Gasteiger partial charge in [0, 0.05) is 45.3 Å². The molecular formula is C17H35N3O. The zero-order valence-electron chi connectivity index (χ0n) is 14.3. The van der Waals surface area contributed by atoms with E-state index in [0.29, 0.717) is 18.1 Å². The van der Waals surface area contributed by atoms with E-state index in [2.05, 4.69) is 35.9 Å². The minimum atomic E-state index is 0.291. The Bertz CT molecular complexity index is 300. The summed E-state index contributed by atoms with van der Waals surface area (Å²) in [5, 5.41) is 12.8. The second-order valence-corrected chi connectivity index (χ2v) is 7.58. The highest BCUT2D eigenvalue weighted by Gasteiger charge is 2.41. The summed E-state index contributed by atoms with van der Waals surface area (Å²) in [6, 6.07) is 0.674. The van der Waals surface area contributed by atoms with E-state index < -0.39 is 0 Å². The molecule has 2 fully saturated rings. The molecular weight excluding hydrogens is 262 g/mol. The lowest BCUT2D eigenvalue weighted by molar-refractivity contribution is 0.0943. The molecule has 21 heavy (non-hydrogen) atoms. The first-order chi connectivity index (χ1) is 10.1. The van der Waals surface area contributed by atoms with Crippen molar-refractivity contribution in [3.8, 4) is 0 Å². The van der Waals surface area contributed by atoms with Crippen molar-refractivity contribution in [3.63, 3.8) is 0 Å². The molecule has 4 nitrogen and oxygen atoms in total. The first kappa shape index (κ1) is 17.2. The lowest BCUT2D eigenvalue weighted by atomic mass is 9.84. The summed E-state index contributed by atoms with van der Waals surface area (Å²) in [6.45, 7) is 15.2. The largest absolute Gasteiger partial charge is 0.395 e. The SMILES string of the molecule is CCCNC1C(CN2CCN(CCO)CC2)CCC1(C)C. The molecule has 0 aromatic heterocycles. The Labute approximate surface area is 130 Å². The van der Waals surface area contributed by atoms with Crippen molar-refractivity contribution in [2.75, 3.05) is 52.4 Å². The molecule has 0 radical (unpaired) electrons. The third-order valence-electron chi connectivity index (χ3n) is 5.46. The van der Waals surface area contributed by atoms with Gasteiger partial charge in [-0.25, -0.2) is 0 Å². The highest BCUT2D eigenvalue weighted by Crippen LogP contribution is 2.41. The summed E-state index contributed by atoms with van der Waals surface area (Å²) in [5.74, 6) is 0.802. The Hall–Kier alpha value is -0.160. The van der Waals surface area contributed by atoms with Crippen molar-refractivity contribution >= 4 is 0 Å². The molecule has 0 spiro atoms. The molecule has 0 bridgehead atoms. The van der Waals surface area contributed by atoms with Gasteiger partial charge in [0.25, 0.3) is 0 Å². The maximum atomic E-state index is 9.03. The van der Waals surface area contributed by atoms with E-state index in [1.807, 2.05) is 0 Å². The molecule has 0 amide bonds. The molecule has 1 aliphatic heterocycles. The highest BCUT2D eigenvalue weighted by molar-refractivity contribution is 4.97. The number of aliphatic hydroxyl groups excluding tert-OH is 1. The number of rotatable bonds is 7. The van der Waals surface area contributed by atoms with Crippen LogP contribution < -0.4 is 5.32 Å². The van der Waals surface area contributed by atoms with E-state index in [9.17, 15) is 0 Å². The predicted molar refractivity (Wildman–Crippen MR) is 88.6 cm³/mol. The summed E-state index contributed by atoms with van der Waals surface area (Å²) in [4.78, 5) is 5.02. The second-order valence-electron chi connectivity index (χ2n) is 7.58. The van der Waals surface area contributed by atoms with Crippen LogP contribution in [0.25, 0.3) is 0 Å². The normalized spacial score (nSPS) is 30.9. The van der Waals surface area contributed by atoms with Gasteiger partial charge in [-0.3, -0.25) is 4.90 Å². The predicted octanol–water partition coefficient (Wildman–Crippen LogP) is 1.40. The molecule has 1 aliphatic carbocycles. The van der Waals surface area contributed by atoms with Crippen LogP contribution in [0.3, 0.4) is 0 Å². The van der Waals surface area contributed by atoms with Gasteiger partial charge in [0.05, 0.1) is 6.61 Å². The molecule has 2 N–H and O–H groups in total. The third kappa shape index (κ3) is 4.65. The van der Waals surface area contributed by atoms with E-state index in [4.69, 9.17) is 5.11 Å². The summed E-state index contributed by atoms with van der Waals surface area (Å²) in [6.07, 6.45) is 3.94. The van der Waals surface area contributed by atoms with Gasteiger partial charge < -0.3 is 15.3 Å². The van der Waals surface area contributed by atoms with Crippen molar-refractivity contribution in [1.82, 2.24) is 15.1 Å². The minimum Gasteiger partial charge on any atom is -0.395 e. The average molecular weight is 297 g/mol. The van der Waals surface area contributed by atoms with Crippen molar-refractivity contribution in [1.29, 1.82) is 0 Å². The number of hydrogen-bond acceptors (Lipinski definition) is 4. The maximum absolute atomic E-state index is 9.03. The molecule has 2 unspecified atom stereocenters. The molecule has 0 aromatic rings. The van der Waals surface area contributed by atoms with Crippen molar-refractivity contribution < 1.29 is 5.11 Å². The second kappa shape index (κ2) is 7.91. The fraction of sp³-hybridized carbons (Fsp3) is 1.00. The van der Waals surface area contributed by atoms with Crippen LogP contribution in [0, 0.1) is 11.3 Å². The highest BCUT2D eigenvalue weighted by atomic mass is 16.3. The summed E-state index contributed by atoms with van der Waals surface area (Å²) in [7, 11) is 0.